The van der Waals surface area contributed by atoms with Gasteiger partial charge in [0.1, 0.15) is 0 Å². The van der Waals surface area contributed by atoms with Gasteiger partial charge in [-0.3, -0.25) is 9.69 Å². The van der Waals surface area contributed by atoms with Crippen LogP contribution < -0.4 is 0 Å². The maximum absolute atomic E-state index is 13.1. The van der Waals surface area contributed by atoms with Gasteiger partial charge in [-0.1, -0.05) is 18.2 Å². The van der Waals surface area contributed by atoms with Crippen LogP contribution in [-0.2, 0) is 0 Å². The zero-order valence-corrected chi connectivity index (χ0v) is 13.4. The van der Waals surface area contributed by atoms with Crippen molar-refractivity contribution >= 4 is 11.7 Å². The minimum Gasteiger partial charge on any atom is -0.390 e. The summed E-state index contributed by atoms with van der Waals surface area (Å²) in [6, 6.07) is 7.47. The number of aliphatic hydroxyl groups is 1. The van der Waals surface area contributed by atoms with E-state index in [4.69, 9.17) is 5.26 Å². The van der Waals surface area contributed by atoms with Crippen LogP contribution in [0.25, 0.3) is 0 Å². The average molecular weight is 321 g/mol. The molecule has 0 saturated heterocycles. The molecule has 1 aromatic rings. The van der Waals surface area contributed by atoms with Crippen molar-refractivity contribution in [2.75, 3.05) is 0 Å². The van der Waals surface area contributed by atoms with Crippen LogP contribution in [0.4, 0.5) is 0 Å². The summed E-state index contributed by atoms with van der Waals surface area (Å²) in [5.41, 5.74) is 0.866. The molecule has 4 saturated carbocycles. The number of amidine groups is 1. The normalized spacial score (nSPS) is 40.9. The Hall–Kier alpha value is -2.19. The number of carbonyl (C=O) groups is 1. The monoisotopic (exact) mass is 321 g/mol. The first kappa shape index (κ1) is 14.2. The lowest BCUT2D eigenvalue weighted by atomic mass is 9.52. The number of amides is 1. The highest BCUT2D eigenvalue weighted by atomic mass is 16.3. The van der Waals surface area contributed by atoms with Gasteiger partial charge in [0.25, 0.3) is 5.91 Å². The molecular weight excluding hydrogens is 302 g/mol. The molecular formula is C19H19N3O2. The summed E-state index contributed by atoms with van der Waals surface area (Å²) in [7, 11) is 0. The van der Waals surface area contributed by atoms with Gasteiger partial charge in [0.2, 0.25) is 6.19 Å². The maximum Gasteiger partial charge on any atom is 0.260 e. The highest BCUT2D eigenvalue weighted by Crippen LogP contribution is 2.57. The third-order valence-corrected chi connectivity index (χ3v) is 6.49. The first-order chi connectivity index (χ1) is 11.6. The second kappa shape index (κ2) is 4.67. The summed E-state index contributed by atoms with van der Waals surface area (Å²) in [6.45, 7) is 0. The van der Waals surface area contributed by atoms with Crippen molar-refractivity contribution in [1.29, 1.82) is 5.26 Å². The third kappa shape index (κ3) is 1.78. The smallest absolute Gasteiger partial charge is 0.260 e. The summed E-state index contributed by atoms with van der Waals surface area (Å²) >= 11 is 0. The third-order valence-electron chi connectivity index (χ3n) is 6.49. The van der Waals surface area contributed by atoms with Crippen molar-refractivity contribution in [2.24, 2.45) is 22.7 Å². The van der Waals surface area contributed by atoms with Crippen LogP contribution >= 0.6 is 0 Å². The number of nitrogens with zero attached hydrogens (tertiary/aromatic N) is 3. The average Bonchev–Trinajstić information content (AvgIpc) is 2.80. The topological polar surface area (TPSA) is 76.7 Å². The van der Waals surface area contributed by atoms with Gasteiger partial charge in [0.15, 0.2) is 5.84 Å². The van der Waals surface area contributed by atoms with E-state index in [1.165, 1.54) is 0 Å². The number of aliphatic imine (C=N–C) groups is 1. The van der Waals surface area contributed by atoms with Crippen molar-refractivity contribution in [3.63, 3.8) is 0 Å². The Balaban J connectivity index is 1.59. The zero-order chi connectivity index (χ0) is 16.5. The number of benzene rings is 1. The van der Waals surface area contributed by atoms with E-state index >= 15 is 0 Å². The molecule has 24 heavy (non-hydrogen) atoms. The second-order valence-electron chi connectivity index (χ2n) is 7.94. The van der Waals surface area contributed by atoms with Gasteiger partial charge >= 0.3 is 0 Å². The first-order valence-electron chi connectivity index (χ1n) is 8.72. The fraction of sp³-hybridized carbons (Fsp3) is 0.526. The number of hydrogen-bond acceptors (Lipinski definition) is 4. The molecule has 5 aliphatic rings. The minimum absolute atomic E-state index is 0.0379. The van der Waals surface area contributed by atoms with Crippen LogP contribution in [0.2, 0.25) is 0 Å². The van der Waals surface area contributed by atoms with E-state index in [2.05, 4.69) is 4.99 Å². The number of rotatable bonds is 1. The van der Waals surface area contributed by atoms with Crippen LogP contribution in [0, 0.1) is 29.2 Å². The van der Waals surface area contributed by atoms with Crippen LogP contribution in [0.1, 0.15) is 48.0 Å². The minimum atomic E-state index is -0.533. The van der Waals surface area contributed by atoms with Gasteiger partial charge < -0.3 is 5.11 Å². The predicted octanol–water partition coefficient (Wildman–Crippen LogP) is 2.31. The van der Waals surface area contributed by atoms with Gasteiger partial charge in [0.05, 0.1) is 11.2 Å². The number of fused-ring (bicyclic) bond motifs is 1. The molecule has 1 heterocycles. The quantitative estimate of drug-likeness (QED) is 0.806. The highest BCUT2D eigenvalue weighted by molar-refractivity contribution is 6.23. The molecule has 5 heteroatoms. The molecule has 1 N–H and O–H groups in total. The molecule has 5 nitrogen and oxygen atoms in total. The van der Waals surface area contributed by atoms with E-state index in [9.17, 15) is 9.90 Å². The molecule has 4 bridgehead atoms. The SMILES string of the molecule is N#C/N=C1/c2ccccc2C(=O)N1C1C2CC3CC1CC(O)(C3)C2. The molecule has 1 amide bonds. The Morgan fingerprint density at radius 3 is 2.46 bits per heavy atom. The Kier molecular flexibility index (Phi) is 2.76. The Bertz CT molecular complexity index is 793. The fourth-order valence-electron chi connectivity index (χ4n) is 6.03. The molecule has 1 aliphatic heterocycles. The van der Waals surface area contributed by atoms with E-state index in [1.807, 2.05) is 30.5 Å². The van der Waals surface area contributed by atoms with Gasteiger partial charge in [-0.05, 0) is 55.9 Å². The predicted molar refractivity (Wildman–Crippen MR) is 87.1 cm³/mol. The fourth-order valence-corrected chi connectivity index (χ4v) is 6.03. The molecule has 0 radical (unpaired) electrons. The van der Waals surface area contributed by atoms with Crippen molar-refractivity contribution in [3.05, 3.63) is 35.4 Å². The lowest BCUT2D eigenvalue weighted by Gasteiger charge is -2.59. The molecule has 0 aromatic heterocycles. The van der Waals surface area contributed by atoms with Crippen LogP contribution in [-0.4, -0.2) is 33.4 Å². The second-order valence-corrected chi connectivity index (χ2v) is 7.94. The van der Waals surface area contributed by atoms with Crippen molar-refractivity contribution in [1.82, 2.24) is 4.90 Å². The van der Waals surface area contributed by atoms with Crippen LogP contribution in [0.15, 0.2) is 29.3 Å². The number of nitriles is 1. The number of carbonyl (C=O) groups excluding carboxylic acids is 1. The Morgan fingerprint density at radius 1 is 1.17 bits per heavy atom. The van der Waals surface area contributed by atoms with Gasteiger partial charge in [-0.2, -0.15) is 10.3 Å². The standard InChI is InChI=1S/C19H19N3O2/c20-10-21-17-14-3-1-2-4-15(14)18(23)22(17)16-12-5-11-6-13(16)9-19(24,7-11)8-12/h1-4,11-13,16,24H,5-9H2/b21-17-. The molecule has 4 aliphatic carbocycles. The van der Waals surface area contributed by atoms with Crippen molar-refractivity contribution in [2.45, 2.75) is 43.7 Å². The van der Waals surface area contributed by atoms with E-state index < -0.39 is 5.60 Å². The molecule has 2 atom stereocenters. The van der Waals surface area contributed by atoms with Gasteiger partial charge in [-0.15, -0.1) is 0 Å². The molecule has 1 aromatic carbocycles. The summed E-state index contributed by atoms with van der Waals surface area (Å²) in [6.07, 6.45) is 6.47. The maximum atomic E-state index is 13.1. The molecule has 6 rings (SSSR count). The largest absolute Gasteiger partial charge is 0.390 e. The summed E-state index contributed by atoms with van der Waals surface area (Å²) in [5, 5.41) is 19.9. The van der Waals surface area contributed by atoms with Gasteiger partial charge in [-0.25, -0.2) is 0 Å². The van der Waals surface area contributed by atoms with E-state index in [-0.39, 0.29) is 11.9 Å². The molecule has 4 fully saturated rings. The summed E-state index contributed by atoms with van der Waals surface area (Å²) in [5.74, 6) is 1.67. The summed E-state index contributed by atoms with van der Waals surface area (Å²) in [4.78, 5) is 18.9. The highest BCUT2D eigenvalue weighted by Gasteiger charge is 2.58. The molecule has 122 valence electrons. The molecule has 0 spiro atoms. The van der Waals surface area contributed by atoms with Crippen molar-refractivity contribution < 1.29 is 9.90 Å². The van der Waals surface area contributed by atoms with Crippen LogP contribution in [0.5, 0.6) is 0 Å². The zero-order valence-electron chi connectivity index (χ0n) is 13.4. The Labute approximate surface area is 140 Å². The van der Waals surface area contributed by atoms with Gasteiger partial charge in [0, 0.05) is 11.6 Å². The summed E-state index contributed by atoms with van der Waals surface area (Å²) < 4.78 is 0. The van der Waals surface area contributed by atoms with Crippen molar-refractivity contribution in [3.8, 4) is 6.19 Å². The molecule has 2 unspecified atom stereocenters. The number of hydrogen-bond donors (Lipinski definition) is 1. The Morgan fingerprint density at radius 2 is 1.83 bits per heavy atom. The lowest BCUT2D eigenvalue weighted by molar-refractivity contribution is -0.147. The van der Waals surface area contributed by atoms with E-state index in [0.717, 1.165) is 37.7 Å². The van der Waals surface area contributed by atoms with E-state index in [0.29, 0.717) is 29.2 Å². The first-order valence-corrected chi connectivity index (χ1v) is 8.72. The van der Waals surface area contributed by atoms with Crippen LogP contribution in [0.3, 0.4) is 0 Å². The lowest BCUT2D eigenvalue weighted by Crippen LogP contribution is -2.62. The van der Waals surface area contributed by atoms with E-state index in [1.54, 1.807) is 4.90 Å².